The van der Waals surface area contributed by atoms with Crippen LogP contribution in [0.25, 0.3) is 0 Å². The zero-order chi connectivity index (χ0) is 15.1. The second-order valence-corrected chi connectivity index (χ2v) is 4.51. The zero-order valence-electron chi connectivity index (χ0n) is 11.2. The number of nitrogens with one attached hydrogen (secondary N) is 1. The van der Waals surface area contributed by atoms with Crippen molar-refractivity contribution in [3.05, 3.63) is 53.1 Å². The summed E-state index contributed by atoms with van der Waals surface area (Å²) in [6.07, 6.45) is 0. The molecule has 2 rings (SSSR count). The molecule has 0 saturated carbocycles. The fourth-order valence-electron chi connectivity index (χ4n) is 1.48. The lowest BCUT2D eigenvalue weighted by Crippen LogP contribution is -1.92. The molecular weight excluding hydrogens is 278 g/mol. The van der Waals surface area contributed by atoms with Crippen molar-refractivity contribution < 1.29 is 15.0 Å². The second-order valence-electron chi connectivity index (χ2n) is 4.11. The van der Waals surface area contributed by atoms with Gasteiger partial charge in [0.05, 0.1) is 0 Å². The van der Waals surface area contributed by atoms with Crippen LogP contribution >= 0.6 is 11.6 Å². The van der Waals surface area contributed by atoms with Crippen LogP contribution in [0.15, 0.2) is 42.5 Å². The standard InChI is InChI=1S/C13H12ClNO.C2H4O2/c1-9-12(14)6-3-7-13(9)15-10-4-2-5-11(16)8-10;1-2(3)4/h2-8,15-16H,1H3;1H3,(H,3,4). The van der Waals surface area contributed by atoms with Gasteiger partial charge in [0.1, 0.15) is 5.75 Å². The number of aliphatic carboxylic acids is 1. The topological polar surface area (TPSA) is 69.6 Å². The van der Waals surface area contributed by atoms with Crippen LogP contribution in [0.4, 0.5) is 11.4 Å². The van der Waals surface area contributed by atoms with Gasteiger partial charge in [-0.1, -0.05) is 23.7 Å². The Hall–Kier alpha value is -2.20. The van der Waals surface area contributed by atoms with Gasteiger partial charge in [0.25, 0.3) is 5.97 Å². The van der Waals surface area contributed by atoms with E-state index in [2.05, 4.69) is 5.32 Å². The van der Waals surface area contributed by atoms with Crippen molar-refractivity contribution in [2.45, 2.75) is 13.8 Å². The molecular formula is C15H16ClNO3. The molecule has 0 unspecified atom stereocenters. The lowest BCUT2D eigenvalue weighted by atomic mass is 10.2. The van der Waals surface area contributed by atoms with Gasteiger partial charge < -0.3 is 15.5 Å². The molecule has 20 heavy (non-hydrogen) atoms. The minimum atomic E-state index is -0.833. The van der Waals surface area contributed by atoms with Crippen LogP contribution in [0.1, 0.15) is 12.5 Å². The number of carbonyl (C=O) groups is 1. The third kappa shape index (κ3) is 5.20. The predicted octanol–water partition coefficient (Wildman–Crippen LogP) is 4.19. The van der Waals surface area contributed by atoms with Crippen molar-refractivity contribution in [3.8, 4) is 5.75 Å². The molecule has 0 atom stereocenters. The normalized spacial score (nSPS) is 9.35. The van der Waals surface area contributed by atoms with Gasteiger partial charge in [-0.2, -0.15) is 0 Å². The highest BCUT2D eigenvalue weighted by atomic mass is 35.5. The molecule has 0 saturated heterocycles. The summed E-state index contributed by atoms with van der Waals surface area (Å²) < 4.78 is 0. The molecule has 0 aliphatic rings. The van der Waals surface area contributed by atoms with Crippen LogP contribution in [0.2, 0.25) is 5.02 Å². The van der Waals surface area contributed by atoms with E-state index >= 15 is 0 Å². The molecule has 0 amide bonds. The number of aromatic hydroxyl groups is 1. The lowest BCUT2D eigenvalue weighted by molar-refractivity contribution is -0.134. The number of hydrogen-bond acceptors (Lipinski definition) is 3. The van der Waals surface area contributed by atoms with Gasteiger partial charge in [0.2, 0.25) is 0 Å². The Kier molecular flexibility index (Phi) is 5.87. The van der Waals surface area contributed by atoms with E-state index < -0.39 is 5.97 Å². The summed E-state index contributed by atoms with van der Waals surface area (Å²) in [4.78, 5) is 9.00. The first-order chi connectivity index (χ1) is 9.40. The molecule has 4 nitrogen and oxygen atoms in total. The Morgan fingerprint density at radius 2 is 1.80 bits per heavy atom. The van der Waals surface area contributed by atoms with E-state index in [1.54, 1.807) is 18.2 Å². The quantitative estimate of drug-likeness (QED) is 0.776. The number of rotatable bonds is 2. The molecule has 0 aromatic heterocycles. The average molecular weight is 294 g/mol. The summed E-state index contributed by atoms with van der Waals surface area (Å²) >= 11 is 6.02. The number of anilines is 2. The fraction of sp³-hybridized carbons (Fsp3) is 0.133. The molecule has 0 aliphatic heterocycles. The van der Waals surface area contributed by atoms with Crippen molar-refractivity contribution in [1.29, 1.82) is 0 Å². The van der Waals surface area contributed by atoms with Gasteiger partial charge in [0.15, 0.2) is 0 Å². The smallest absolute Gasteiger partial charge is 0.300 e. The van der Waals surface area contributed by atoms with Crippen LogP contribution in [0.3, 0.4) is 0 Å². The minimum absolute atomic E-state index is 0.240. The highest BCUT2D eigenvalue weighted by Crippen LogP contribution is 2.27. The summed E-state index contributed by atoms with van der Waals surface area (Å²) in [7, 11) is 0. The van der Waals surface area contributed by atoms with E-state index in [4.69, 9.17) is 21.5 Å². The molecule has 0 aliphatic carbocycles. The Labute approximate surface area is 122 Å². The number of carboxylic acids is 1. The van der Waals surface area contributed by atoms with Crippen molar-refractivity contribution in [3.63, 3.8) is 0 Å². The summed E-state index contributed by atoms with van der Waals surface area (Å²) in [6.45, 7) is 3.04. The maximum absolute atomic E-state index is 9.35. The molecule has 106 valence electrons. The van der Waals surface area contributed by atoms with Crippen molar-refractivity contribution in [1.82, 2.24) is 0 Å². The summed E-state index contributed by atoms with van der Waals surface area (Å²) in [5.74, 6) is -0.593. The van der Waals surface area contributed by atoms with Crippen LogP contribution in [0.5, 0.6) is 5.75 Å². The van der Waals surface area contributed by atoms with E-state index in [9.17, 15) is 5.11 Å². The van der Waals surface area contributed by atoms with Gasteiger partial charge in [0, 0.05) is 29.4 Å². The van der Waals surface area contributed by atoms with Crippen molar-refractivity contribution in [2.75, 3.05) is 5.32 Å². The molecule has 2 aromatic rings. The van der Waals surface area contributed by atoms with Gasteiger partial charge >= 0.3 is 0 Å². The number of benzene rings is 2. The summed E-state index contributed by atoms with van der Waals surface area (Å²) in [6, 6.07) is 12.7. The molecule has 3 N–H and O–H groups in total. The van der Waals surface area contributed by atoms with E-state index in [1.165, 1.54) is 0 Å². The minimum Gasteiger partial charge on any atom is -0.508 e. The Morgan fingerprint density at radius 3 is 2.40 bits per heavy atom. The largest absolute Gasteiger partial charge is 0.508 e. The summed E-state index contributed by atoms with van der Waals surface area (Å²) in [5.41, 5.74) is 2.77. The molecule has 0 radical (unpaired) electrons. The Bertz CT molecular complexity index is 595. The van der Waals surface area contributed by atoms with Crippen LogP contribution in [-0.4, -0.2) is 16.2 Å². The molecule has 0 spiro atoms. The maximum atomic E-state index is 9.35. The SMILES string of the molecule is CC(=O)O.Cc1c(Cl)cccc1Nc1cccc(O)c1. The summed E-state index contributed by atoms with van der Waals surface area (Å²) in [5, 5.41) is 20.7. The van der Waals surface area contributed by atoms with Crippen LogP contribution < -0.4 is 5.32 Å². The maximum Gasteiger partial charge on any atom is 0.300 e. The molecule has 5 heteroatoms. The molecule has 0 fully saturated rings. The van der Waals surface area contributed by atoms with Crippen LogP contribution in [-0.2, 0) is 4.79 Å². The highest BCUT2D eigenvalue weighted by Gasteiger charge is 2.02. The second kappa shape index (κ2) is 7.40. The number of phenolic OH excluding ortho intramolecular Hbond substituents is 1. The van der Waals surface area contributed by atoms with Crippen molar-refractivity contribution in [2.24, 2.45) is 0 Å². The van der Waals surface area contributed by atoms with E-state index in [0.717, 1.165) is 28.9 Å². The van der Waals surface area contributed by atoms with Gasteiger partial charge in [-0.25, -0.2) is 0 Å². The van der Waals surface area contributed by atoms with E-state index in [-0.39, 0.29) is 5.75 Å². The first-order valence-electron chi connectivity index (χ1n) is 5.91. The number of phenols is 1. The van der Waals surface area contributed by atoms with Crippen LogP contribution in [0, 0.1) is 6.92 Å². The van der Waals surface area contributed by atoms with Gasteiger partial charge in [-0.05, 0) is 36.8 Å². The van der Waals surface area contributed by atoms with E-state index in [1.807, 2.05) is 31.2 Å². The lowest BCUT2D eigenvalue weighted by Gasteiger charge is -2.10. The number of hydrogen-bond donors (Lipinski definition) is 3. The first kappa shape index (κ1) is 15.9. The monoisotopic (exact) mass is 293 g/mol. The molecule has 0 bridgehead atoms. The first-order valence-corrected chi connectivity index (χ1v) is 6.28. The van der Waals surface area contributed by atoms with Gasteiger partial charge in [-0.3, -0.25) is 4.79 Å². The van der Waals surface area contributed by atoms with E-state index in [0.29, 0.717) is 0 Å². The third-order valence-corrected chi connectivity index (χ3v) is 2.80. The zero-order valence-corrected chi connectivity index (χ0v) is 12.0. The Balaban J connectivity index is 0.000000444. The number of halogens is 1. The van der Waals surface area contributed by atoms with Crippen molar-refractivity contribution >= 4 is 28.9 Å². The number of carboxylic acid groups (broad SMARTS) is 1. The molecule has 0 heterocycles. The Morgan fingerprint density at radius 1 is 1.20 bits per heavy atom. The fourth-order valence-corrected chi connectivity index (χ4v) is 1.66. The molecule has 2 aromatic carbocycles. The average Bonchev–Trinajstić information content (AvgIpc) is 2.34. The van der Waals surface area contributed by atoms with Gasteiger partial charge in [-0.15, -0.1) is 0 Å². The predicted molar refractivity (Wildman–Crippen MR) is 80.9 cm³/mol. The highest BCUT2D eigenvalue weighted by molar-refractivity contribution is 6.31. The third-order valence-electron chi connectivity index (χ3n) is 2.39.